The molecule has 0 saturated carbocycles. The Bertz CT molecular complexity index is 320. The molecule has 90 valence electrons. The topological polar surface area (TPSA) is 38.7 Å². The lowest BCUT2D eigenvalue weighted by Crippen LogP contribution is -2.00. The summed E-state index contributed by atoms with van der Waals surface area (Å²) in [6.07, 6.45) is 1.42. The van der Waals surface area contributed by atoms with Crippen molar-refractivity contribution in [1.82, 2.24) is 0 Å². The van der Waals surface area contributed by atoms with Crippen LogP contribution in [0.4, 0.5) is 0 Å². The molecule has 1 N–H and O–H groups in total. The lowest BCUT2D eigenvalue weighted by Gasteiger charge is -2.16. The lowest BCUT2D eigenvalue weighted by molar-refractivity contribution is 0.198. The van der Waals surface area contributed by atoms with E-state index in [1.165, 1.54) is 0 Å². The fourth-order valence-corrected chi connectivity index (χ4v) is 1.74. The van der Waals surface area contributed by atoms with E-state index in [1.807, 2.05) is 12.1 Å². The van der Waals surface area contributed by atoms with Crippen molar-refractivity contribution < 1.29 is 14.6 Å². The van der Waals surface area contributed by atoms with E-state index in [0.29, 0.717) is 0 Å². The van der Waals surface area contributed by atoms with Crippen LogP contribution in [0.5, 0.6) is 11.5 Å². The molecule has 0 saturated heterocycles. The number of hydrogen-bond acceptors (Lipinski definition) is 3. The molecule has 0 aliphatic carbocycles. The third-order valence-electron chi connectivity index (χ3n) is 2.61. The van der Waals surface area contributed by atoms with Gasteiger partial charge in [-0.1, -0.05) is 13.3 Å². The molecule has 0 radical (unpaired) electrons. The molecule has 1 aromatic rings. The molecule has 0 aromatic heterocycles. The van der Waals surface area contributed by atoms with Crippen molar-refractivity contribution in [3.63, 3.8) is 0 Å². The van der Waals surface area contributed by atoms with Crippen LogP contribution in [-0.2, 0) is 6.42 Å². The highest BCUT2D eigenvalue weighted by Gasteiger charge is 2.13. The molecule has 16 heavy (non-hydrogen) atoms. The van der Waals surface area contributed by atoms with Crippen LogP contribution in [0.25, 0.3) is 0 Å². The molecule has 3 heteroatoms. The van der Waals surface area contributed by atoms with E-state index in [2.05, 4.69) is 6.92 Å². The van der Waals surface area contributed by atoms with Gasteiger partial charge >= 0.3 is 0 Å². The first-order valence-electron chi connectivity index (χ1n) is 5.56. The summed E-state index contributed by atoms with van der Waals surface area (Å²) in [4.78, 5) is 0. The van der Waals surface area contributed by atoms with E-state index in [9.17, 15) is 5.11 Å². The molecular formula is C13H20O3. The molecule has 0 aliphatic rings. The van der Waals surface area contributed by atoms with Crippen molar-refractivity contribution >= 4 is 0 Å². The third-order valence-corrected chi connectivity index (χ3v) is 2.61. The highest BCUT2D eigenvalue weighted by molar-refractivity contribution is 5.48. The smallest absolute Gasteiger partial charge is 0.126 e. The molecular weight excluding hydrogens is 204 g/mol. The Labute approximate surface area is 97.0 Å². The van der Waals surface area contributed by atoms with Gasteiger partial charge in [0, 0.05) is 5.56 Å². The minimum atomic E-state index is -0.515. The molecule has 0 fully saturated rings. The quantitative estimate of drug-likeness (QED) is 0.835. The summed E-state index contributed by atoms with van der Waals surface area (Å²) in [6, 6.07) is 3.75. The van der Waals surface area contributed by atoms with Crippen LogP contribution < -0.4 is 9.47 Å². The van der Waals surface area contributed by atoms with Crippen molar-refractivity contribution in [2.24, 2.45) is 0 Å². The number of rotatable bonds is 5. The molecule has 0 aliphatic heterocycles. The largest absolute Gasteiger partial charge is 0.496 e. The summed E-state index contributed by atoms with van der Waals surface area (Å²) in [5.74, 6) is 1.58. The van der Waals surface area contributed by atoms with Gasteiger partial charge in [-0.3, -0.25) is 0 Å². The summed E-state index contributed by atoms with van der Waals surface area (Å²) in [5.41, 5.74) is 1.88. The normalized spacial score (nSPS) is 12.3. The summed E-state index contributed by atoms with van der Waals surface area (Å²) >= 11 is 0. The second-order valence-corrected chi connectivity index (χ2v) is 3.83. The lowest BCUT2D eigenvalue weighted by atomic mass is 10.0. The first-order valence-corrected chi connectivity index (χ1v) is 5.56. The summed E-state index contributed by atoms with van der Waals surface area (Å²) in [6.45, 7) is 3.84. The van der Waals surface area contributed by atoms with Gasteiger partial charge in [0.1, 0.15) is 11.5 Å². The molecule has 0 heterocycles. The van der Waals surface area contributed by atoms with Crippen LogP contribution in [0.1, 0.15) is 37.5 Å². The maximum absolute atomic E-state index is 9.57. The third kappa shape index (κ3) is 2.67. The van der Waals surface area contributed by atoms with Gasteiger partial charge in [0.2, 0.25) is 0 Å². The number of benzene rings is 1. The van der Waals surface area contributed by atoms with Gasteiger partial charge in [0.25, 0.3) is 0 Å². The fourth-order valence-electron chi connectivity index (χ4n) is 1.74. The Morgan fingerprint density at radius 3 is 2.00 bits per heavy atom. The van der Waals surface area contributed by atoms with Gasteiger partial charge in [-0.25, -0.2) is 0 Å². The molecule has 1 atom stereocenters. The van der Waals surface area contributed by atoms with Crippen LogP contribution in [0.2, 0.25) is 0 Å². The predicted octanol–water partition coefficient (Wildman–Crippen LogP) is 2.71. The van der Waals surface area contributed by atoms with Gasteiger partial charge < -0.3 is 14.6 Å². The Hall–Kier alpha value is -1.22. The molecule has 1 aromatic carbocycles. The van der Waals surface area contributed by atoms with Crippen molar-refractivity contribution in [2.75, 3.05) is 14.2 Å². The Morgan fingerprint density at radius 2 is 1.69 bits per heavy atom. The predicted molar refractivity (Wildman–Crippen MR) is 64.2 cm³/mol. The standard InChI is InChI=1S/C13H20O3/c1-5-6-11-12(15-3)7-10(9(2)14)8-13(11)16-4/h7-9,14H,5-6H2,1-4H3. The van der Waals surface area contributed by atoms with Gasteiger partial charge in [0.05, 0.1) is 20.3 Å². The molecule has 0 spiro atoms. The molecule has 1 rings (SSSR count). The average Bonchev–Trinajstić information content (AvgIpc) is 2.29. The van der Waals surface area contributed by atoms with Crippen molar-refractivity contribution in [3.8, 4) is 11.5 Å². The second-order valence-electron chi connectivity index (χ2n) is 3.83. The minimum Gasteiger partial charge on any atom is -0.496 e. The SMILES string of the molecule is CCCc1c(OC)cc(C(C)O)cc1OC. The van der Waals surface area contributed by atoms with Crippen molar-refractivity contribution in [1.29, 1.82) is 0 Å². The summed E-state index contributed by atoms with van der Waals surface area (Å²) in [7, 11) is 3.28. The van der Waals surface area contributed by atoms with Crippen molar-refractivity contribution in [2.45, 2.75) is 32.8 Å². The Balaban J connectivity index is 3.25. The van der Waals surface area contributed by atoms with E-state index < -0.39 is 6.10 Å². The number of methoxy groups -OCH3 is 2. The van der Waals surface area contributed by atoms with Crippen LogP contribution in [0.15, 0.2) is 12.1 Å². The Morgan fingerprint density at radius 1 is 1.19 bits per heavy atom. The van der Waals surface area contributed by atoms with E-state index in [1.54, 1.807) is 21.1 Å². The molecule has 0 bridgehead atoms. The monoisotopic (exact) mass is 224 g/mol. The average molecular weight is 224 g/mol. The number of ether oxygens (including phenoxy) is 2. The first kappa shape index (κ1) is 12.8. The van der Waals surface area contributed by atoms with Crippen LogP contribution in [0.3, 0.4) is 0 Å². The Kier molecular flexibility index (Phi) is 4.62. The highest BCUT2D eigenvalue weighted by Crippen LogP contribution is 2.33. The van der Waals surface area contributed by atoms with Gasteiger partial charge in [-0.05, 0) is 31.0 Å². The van der Waals surface area contributed by atoms with E-state index in [-0.39, 0.29) is 0 Å². The van der Waals surface area contributed by atoms with Crippen molar-refractivity contribution in [3.05, 3.63) is 23.3 Å². The maximum atomic E-state index is 9.57. The van der Waals surface area contributed by atoms with E-state index >= 15 is 0 Å². The fraction of sp³-hybridized carbons (Fsp3) is 0.538. The summed E-state index contributed by atoms with van der Waals surface area (Å²) in [5, 5.41) is 9.57. The molecule has 0 amide bonds. The molecule has 3 nitrogen and oxygen atoms in total. The minimum absolute atomic E-state index is 0.515. The number of aliphatic hydroxyl groups is 1. The number of hydrogen-bond donors (Lipinski definition) is 1. The van der Waals surface area contributed by atoms with E-state index in [4.69, 9.17) is 9.47 Å². The maximum Gasteiger partial charge on any atom is 0.126 e. The van der Waals surface area contributed by atoms with Crippen LogP contribution >= 0.6 is 0 Å². The summed E-state index contributed by atoms with van der Waals surface area (Å²) < 4.78 is 10.7. The first-order chi connectivity index (χ1) is 7.63. The van der Waals surface area contributed by atoms with Crippen LogP contribution in [0, 0.1) is 0 Å². The molecule has 1 unspecified atom stereocenters. The van der Waals surface area contributed by atoms with E-state index in [0.717, 1.165) is 35.5 Å². The van der Waals surface area contributed by atoms with Gasteiger partial charge in [-0.2, -0.15) is 0 Å². The zero-order chi connectivity index (χ0) is 12.1. The highest BCUT2D eigenvalue weighted by atomic mass is 16.5. The van der Waals surface area contributed by atoms with Gasteiger partial charge in [0.15, 0.2) is 0 Å². The zero-order valence-corrected chi connectivity index (χ0v) is 10.4. The van der Waals surface area contributed by atoms with Gasteiger partial charge in [-0.15, -0.1) is 0 Å². The number of aliphatic hydroxyl groups excluding tert-OH is 1. The zero-order valence-electron chi connectivity index (χ0n) is 10.4. The van der Waals surface area contributed by atoms with Crippen LogP contribution in [-0.4, -0.2) is 19.3 Å². The second kappa shape index (κ2) is 5.75.